The van der Waals surface area contributed by atoms with Crippen LogP contribution in [-0.2, 0) is 0 Å². The summed E-state index contributed by atoms with van der Waals surface area (Å²) in [5, 5.41) is 25.9. The highest BCUT2D eigenvalue weighted by Crippen LogP contribution is 2.33. The molecule has 5 rings (SSSR count). The van der Waals surface area contributed by atoms with Crippen molar-refractivity contribution in [3.05, 3.63) is 36.8 Å². The molecular formula is C20H23N7O. The van der Waals surface area contributed by atoms with Crippen molar-refractivity contribution in [3.8, 4) is 28.1 Å². The third-order valence-electron chi connectivity index (χ3n) is 6.00. The molecule has 1 aromatic carbocycles. The first kappa shape index (κ1) is 17.1. The maximum Gasteiger partial charge on any atom is 0.245 e. The van der Waals surface area contributed by atoms with Crippen LogP contribution in [0.5, 0.6) is 5.75 Å². The van der Waals surface area contributed by atoms with Crippen LogP contribution >= 0.6 is 0 Å². The first-order valence-corrected chi connectivity index (χ1v) is 9.66. The molecule has 4 heterocycles. The van der Waals surface area contributed by atoms with Crippen LogP contribution in [0.15, 0.2) is 36.8 Å². The summed E-state index contributed by atoms with van der Waals surface area (Å²) in [5.74, 6) is 1.50. The topological polar surface area (TPSA) is 94.1 Å². The number of piperidine rings is 1. The Labute approximate surface area is 163 Å². The van der Waals surface area contributed by atoms with Gasteiger partial charge in [-0.15, -0.1) is 10.2 Å². The molecule has 0 saturated carbocycles. The Morgan fingerprint density at radius 1 is 1.14 bits per heavy atom. The molecule has 8 heteroatoms. The number of likely N-dealkylation sites (N-methyl/N-ethyl adjacent to an activating group) is 1. The molecule has 2 aromatic heterocycles. The van der Waals surface area contributed by atoms with Crippen molar-refractivity contribution < 1.29 is 5.11 Å². The number of nitrogens with zero attached hydrogens (tertiary/aromatic N) is 6. The van der Waals surface area contributed by atoms with Gasteiger partial charge in [-0.1, -0.05) is 6.07 Å². The van der Waals surface area contributed by atoms with E-state index in [1.54, 1.807) is 24.7 Å². The van der Waals surface area contributed by atoms with Crippen molar-refractivity contribution in [1.82, 2.24) is 30.3 Å². The molecule has 144 valence electrons. The van der Waals surface area contributed by atoms with Crippen LogP contribution in [-0.4, -0.2) is 68.1 Å². The largest absolute Gasteiger partial charge is 0.507 e. The second-order valence-corrected chi connectivity index (χ2v) is 7.72. The average Bonchev–Trinajstić information content (AvgIpc) is 3.39. The molecule has 0 spiro atoms. The van der Waals surface area contributed by atoms with Crippen LogP contribution in [0.2, 0.25) is 0 Å². The maximum atomic E-state index is 10.5. The van der Waals surface area contributed by atoms with Gasteiger partial charge in [-0.25, -0.2) is 4.98 Å². The molecule has 0 unspecified atom stereocenters. The van der Waals surface area contributed by atoms with E-state index in [2.05, 4.69) is 42.2 Å². The first-order valence-electron chi connectivity index (χ1n) is 9.66. The highest BCUT2D eigenvalue weighted by atomic mass is 16.3. The minimum absolute atomic E-state index is 0.149. The molecule has 28 heavy (non-hydrogen) atoms. The lowest BCUT2D eigenvalue weighted by Crippen LogP contribution is -2.42. The summed E-state index contributed by atoms with van der Waals surface area (Å²) in [6.45, 7) is 3.11. The van der Waals surface area contributed by atoms with Crippen LogP contribution in [0.1, 0.15) is 12.8 Å². The van der Waals surface area contributed by atoms with Crippen molar-refractivity contribution in [3.63, 3.8) is 0 Å². The van der Waals surface area contributed by atoms with E-state index >= 15 is 0 Å². The van der Waals surface area contributed by atoms with Gasteiger partial charge in [0.05, 0.1) is 12.4 Å². The minimum Gasteiger partial charge on any atom is -0.507 e. The van der Waals surface area contributed by atoms with E-state index in [9.17, 15) is 5.11 Å². The molecule has 8 nitrogen and oxygen atoms in total. The molecule has 3 aromatic rings. The normalized spacial score (nSPS) is 22.4. The summed E-state index contributed by atoms with van der Waals surface area (Å²) in [6.07, 6.45) is 7.73. The fraction of sp³-hybridized carbons (Fsp3) is 0.400. The monoisotopic (exact) mass is 377 g/mol. The highest BCUT2D eigenvalue weighted by molar-refractivity contribution is 5.73. The number of likely N-dealkylation sites (tertiary alicyclic amines) is 1. The number of anilines is 1. The number of H-pyrrole nitrogens is 1. The van der Waals surface area contributed by atoms with Gasteiger partial charge in [-0.05, 0) is 50.0 Å². The van der Waals surface area contributed by atoms with Gasteiger partial charge in [0.15, 0.2) is 0 Å². The number of aromatic amines is 1. The Morgan fingerprint density at radius 3 is 2.79 bits per heavy atom. The maximum absolute atomic E-state index is 10.5. The highest BCUT2D eigenvalue weighted by Gasteiger charge is 2.38. The number of nitrogens with one attached hydrogen (secondary N) is 1. The molecule has 2 fully saturated rings. The third-order valence-corrected chi connectivity index (χ3v) is 6.00. The Hall–Kier alpha value is -3.00. The molecule has 0 amide bonds. The van der Waals surface area contributed by atoms with E-state index in [0.29, 0.717) is 29.2 Å². The zero-order valence-electron chi connectivity index (χ0n) is 15.8. The van der Waals surface area contributed by atoms with Crippen molar-refractivity contribution >= 4 is 5.95 Å². The number of aromatic nitrogens is 5. The van der Waals surface area contributed by atoms with E-state index < -0.39 is 0 Å². The molecule has 2 N–H and O–H groups in total. The van der Waals surface area contributed by atoms with E-state index in [-0.39, 0.29) is 5.75 Å². The van der Waals surface area contributed by atoms with Gasteiger partial charge < -0.3 is 14.9 Å². The number of phenols is 1. The molecule has 2 aliphatic rings. The number of rotatable bonds is 3. The second-order valence-electron chi connectivity index (χ2n) is 7.72. The molecule has 0 radical (unpaired) electrons. The zero-order valence-corrected chi connectivity index (χ0v) is 15.8. The smallest absolute Gasteiger partial charge is 0.245 e. The average molecular weight is 377 g/mol. The fourth-order valence-corrected chi connectivity index (χ4v) is 4.44. The SMILES string of the molecule is CN1CCC[C@H]2CN(c3ncc(-c4ccc(-c5cn[nH]c5)cc4O)nn3)C[C@H]21. The van der Waals surface area contributed by atoms with Crippen molar-refractivity contribution in [1.29, 1.82) is 0 Å². The lowest BCUT2D eigenvalue weighted by Gasteiger charge is -2.33. The Bertz CT molecular complexity index is 957. The summed E-state index contributed by atoms with van der Waals surface area (Å²) < 4.78 is 0. The number of hydrogen-bond acceptors (Lipinski definition) is 7. The zero-order chi connectivity index (χ0) is 19.1. The Kier molecular flexibility index (Phi) is 4.20. The van der Waals surface area contributed by atoms with E-state index in [1.165, 1.54) is 19.4 Å². The summed E-state index contributed by atoms with van der Waals surface area (Å²) >= 11 is 0. The predicted octanol–water partition coefficient (Wildman–Crippen LogP) is 2.16. The lowest BCUT2D eigenvalue weighted by molar-refractivity contribution is 0.158. The van der Waals surface area contributed by atoms with Crippen molar-refractivity contribution in [2.24, 2.45) is 5.92 Å². The molecule has 2 aliphatic heterocycles. The number of aromatic hydroxyl groups is 1. The quantitative estimate of drug-likeness (QED) is 0.722. The van der Waals surface area contributed by atoms with Crippen LogP contribution in [0.3, 0.4) is 0 Å². The van der Waals surface area contributed by atoms with Gasteiger partial charge in [0.1, 0.15) is 11.4 Å². The minimum atomic E-state index is 0.149. The standard InChI is InChI=1S/C20H23N7O/c1-26-6-2-3-14-11-27(12-18(14)26)20-21-10-17(24-25-20)16-5-4-13(7-19(16)28)15-8-22-23-9-15/h4-5,7-10,14,18,28H,2-3,6,11-12H2,1H3,(H,22,23)/t14-,18+/m0/s1. The number of benzene rings is 1. The summed E-state index contributed by atoms with van der Waals surface area (Å²) in [6, 6.07) is 6.05. The molecular weight excluding hydrogens is 354 g/mol. The molecule has 0 bridgehead atoms. The summed E-state index contributed by atoms with van der Waals surface area (Å²) in [5.41, 5.74) is 2.99. The van der Waals surface area contributed by atoms with E-state index in [1.807, 2.05) is 12.1 Å². The van der Waals surface area contributed by atoms with E-state index in [4.69, 9.17) is 0 Å². The van der Waals surface area contributed by atoms with Gasteiger partial charge in [-0.3, -0.25) is 5.10 Å². The second kappa shape index (κ2) is 6.87. The molecule has 2 atom stereocenters. The van der Waals surface area contributed by atoms with Crippen molar-refractivity contribution in [2.45, 2.75) is 18.9 Å². The third kappa shape index (κ3) is 2.99. The number of hydrogen-bond donors (Lipinski definition) is 2. The van der Waals surface area contributed by atoms with E-state index in [0.717, 1.165) is 24.2 Å². The van der Waals surface area contributed by atoms with Crippen LogP contribution in [0.25, 0.3) is 22.4 Å². The van der Waals surface area contributed by atoms with Crippen LogP contribution in [0, 0.1) is 5.92 Å². The Balaban J connectivity index is 1.36. The summed E-state index contributed by atoms with van der Waals surface area (Å²) in [4.78, 5) is 9.23. The van der Waals surface area contributed by atoms with Crippen LogP contribution < -0.4 is 4.90 Å². The Morgan fingerprint density at radius 2 is 2.07 bits per heavy atom. The molecule has 2 saturated heterocycles. The van der Waals surface area contributed by atoms with Gasteiger partial charge in [0.25, 0.3) is 0 Å². The van der Waals surface area contributed by atoms with Crippen molar-refractivity contribution in [2.75, 3.05) is 31.6 Å². The number of phenolic OH excluding ortho intramolecular Hbond substituents is 1. The van der Waals surface area contributed by atoms with Gasteiger partial charge in [0, 0.05) is 36.5 Å². The van der Waals surface area contributed by atoms with Gasteiger partial charge >= 0.3 is 0 Å². The van der Waals surface area contributed by atoms with Crippen LogP contribution in [0.4, 0.5) is 5.95 Å². The van der Waals surface area contributed by atoms with Gasteiger partial charge in [-0.2, -0.15) is 5.10 Å². The fourth-order valence-electron chi connectivity index (χ4n) is 4.44. The predicted molar refractivity (Wildman–Crippen MR) is 106 cm³/mol. The first-order chi connectivity index (χ1) is 13.7. The molecule has 0 aliphatic carbocycles. The summed E-state index contributed by atoms with van der Waals surface area (Å²) in [7, 11) is 2.21. The lowest BCUT2D eigenvalue weighted by atomic mass is 9.93. The number of fused-ring (bicyclic) bond motifs is 1. The van der Waals surface area contributed by atoms with Gasteiger partial charge in [0.2, 0.25) is 5.95 Å².